The Balaban J connectivity index is 1.79. The molecule has 0 saturated carbocycles. The lowest BCUT2D eigenvalue weighted by molar-refractivity contribution is -0.142. The molecule has 1 aromatic heterocycles. The molecule has 2 heterocycles. The van der Waals surface area contributed by atoms with Crippen LogP contribution in [-0.2, 0) is 17.9 Å². The summed E-state index contributed by atoms with van der Waals surface area (Å²) < 4.78 is 7.14. The van der Waals surface area contributed by atoms with Crippen LogP contribution in [0, 0.1) is 0 Å². The highest BCUT2D eigenvalue weighted by atomic mass is 16.5. The predicted molar refractivity (Wildman–Crippen MR) is 83.2 cm³/mol. The molecule has 1 aromatic carbocycles. The van der Waals surface area contributed by atoms with Gasteiger partial charge in [0.15, 0.2) is 0 Å². The number of ether oxygens (including phenoxy) is 1. The van der Waals surface area contributed by atoms with Crippen molar-refractivity contribution in [2.24, 2.45) is 0 Å². The first-order valence-electron chi connectivity index (χ1n) is 7.62. The van der Waals surface area contributed by atoms with Crippen molar-refractivity contribution in [3.8, 4) is 5.75 Å². The van der Waals surface area contributed by atoms with Gasteiger partial charge in [0.1, 0.15) is 24.4 Å². The highest BCUT2D eigenvalue weighted by Crippen LogP contribution is 2.24. The normalized spacial score (nSPS) is 18.2. The fraction of sp³-hybridized carbons (Fsp3) is 0.438. The lowest BCUT2D eigenvalue weighted by atomic mass is 10.1. The summed E-state index contributed by atoms with van der Waals surface area (Å²) >= 11 is 0. The molecule has 0 unspecified atom stereocenters. The molecule has 0 radical (unpaired) electrons. The van der Waals surface area contributed by atoms with E-state index in [2.05, 4.69) is 16.1 Å². The molecule has 1 fully saturated rings. The summed E-state index contributed by atoms with van der Waals surface area (Å²) in [7, 11) is 1.64. The lowest BCUT2D eigenvalue weighted by Gasteiger charge is -2.21. The quantitative estimate of drug-likeness (QED) is 0.867. The van der Waals surface area contributed by atoms with Crippen molar-refractivity contribution in [3.63, 3.8) is 0 Å². The average Bonchev–Trinajstić information content (AvgIpc) is 3.19. The minimum atomic E-state index is -0.737. The first kappa shape index (κ1) is 15.5. The number of rotatable bonds is 6. The van der Waals surface area contributed by atoms with Gasteiger partial charge in [-0.3, -0.25) is 9.69 Å². The Morgan fingerprint density at radius 1 is 1.43 bits per heavy atom. The van der Waals surface area contributed by atoms with Gasteiger partial charge in [-0.25, -0.2) is 9.67 Å². The molecule has 3 rings (SSSR count). The maximum Gasteiger partial charge on any atom is 0.320 e. The van der Waals surface area contributed by atoms with Crippen LogP contribution in [-0.4, -0.2) is 50.4 Å². The van der Waals surface area contributed by atoms with Gasteiger partial charge >= 0.3 is 5.97 Å². The van der Waals surface area contributed by atoms with E-state index >= 15 is 0 Å². The van der Waals surface area contributed by atoms with Crippen LogP contribution in [0.3, 0.4) is 0 Å². The first-order chi connectivity index (χ1) is 11.2. The van der Waals surface area contributed by atoms with Crippen molar-refractivity contribution >= 4 is 5.97 Å². The number of carboxylic acid groups (broad SMARTS) is 1. The van der Waals surface area contributed by atoms with Gasteiger partial charge in [-0.2, -0.15) is 5.10 Å². The van der Waals surface area contributed by atoms with Crippen LogP contribution in [0.15, 0.2) is 30.9 Å². The third-order valence-electron chi connectivity index (χ3n) is 4.18. The van der Waals surface area contributed by atoms with Crippen LogP contribution < -0.4 is 4.74 Å². The number of hydrogen-bond donors (Lipinski definition) is 1. The minimum Gasteiger partial charge on any atom is -0.496 e. The number of aliphatic carboxylic acids is 1. The zero-order chi connectivity index (χ0) is 16.2. The Bertz CT molecular complexity index is 672. The number of methoxy groups -OCH3 is 1. The van der Waals surface area contributed by atoms with Crippen LogP contribution in [0.2, 0.25) is 0 Å². The van der Waals surface area contributed by atoms with E-state index in [0.29, 0.717) is 13.1 Å². The molecule has 1 atom stereocenters. The Labute approximate surface area is 134 Å². The molecule has 7 nitrogen and oxygen atoms in total. The van der Waals surface area contributed by atoms with Gasteiger partial charge in [0.05, 0.1) is 13.7 Å². The van der Waals surface area contributed by atoms with E-state index < -0.39 is 5.97 Å². The van der Waals surface area contributed by atoms with Gasteiger partial charge < -0.3 is 9.84 Å². The number of carboxylic acids is 1. The molecule has 2 aromatic rings. The van der Waals surface area contributed by atoms with Crippen molar-refractivity contribution in [1.29, 1.82) is 0 Å². The van der Waals surface area contributed by atoms with Crippen molar-refractivity contribution < 1.29 is 14.6 Å². The number of nitrogens with zero attached hydrogens (tertiary/aromatic N) is 4. The molecule has 1 aliphatic rings. The fourth-order valence-electron chi connectivity index (χ4n) is 3.07. The number of benzene rings is 1. The minimum absolute atomic E-state index is 0.379. The maximum atomic E-state index is 11.3. The Morgan fingerprint density at radius 2 is 2.30 bits per heavy atom. The smallest absolute Gasteiger partial charge is 0.320 e. The molecule has 1 aliphatic heterocycles. The van der Waals surface area contributed by atoms with E-state index in [4.69, 9.17) is 4.74 Å². The van der Waals surface area contributed by atoms with Crippen molar-refractivity contribution in [2.45, 2.75) is 32.0 Å². The molecule has 0 bridgehead atoms. The summed E-state index contributed by atoms with van der Waals surface area (Å²) in [5.41, 5.74) is 2.08. The van der Waals surface area contributed by atoms with Crippen molar-refractivity contribution in [1.82, 2.24) is 19.7 Å². The maximum absolute atomic E-state index is 11.3. The molecular weight excluding hydrogens is 296 g/mol. The largest absolute Gasteiger partial charge is 0.496 e. The molecule has 1 saturated heterocycles. The molecular formula is C16H20N4O3. The molecule has 0 aliphatic carbocycles. The van der Waals surface area contributed by atoms with Gasteiger partial charge in [-0.05, 0) is 37.1 Å². The van der Waals surface area contributed by atoms with E-state index in [1.807, 2.05) is 17.0 Å². The highest BCUT2D eigenvalue weighted by Gasteiger charge is 2.30. The molecule has 0 amide bonds. The average molecular weight is 316 g/mol. The summed E-state index contributed by atoms with van der Waals surface area (Å²) in [5.74, 6) is 0.0549. The van der Waals surface area contributed by atoms with Gasteiger partial charge in [0.2, 0.25) is 0 Å². The zero-order valence-corrected chi connectivity index (χ0v) is 13.1. The topological polar surface area (TPSA) is 80.5 Å². The summed E-state index contributed by atoms with van der Waals surface area (Å²) in [5, 5.41) is 13.4. The number of carbonyl (C=O) groups is 1. The van der Waals surface area contributed by atoms with Gasteiger partial charge in [0, 0.05) is 12.1 Å². The van der Waals surface area contributed by atoms with Crippen molar-refractivity contribution in [2.75, 3.05) is 13.7 Å². The zero-order valence-electron chi connectivity index (χ0n) is 13.1. The van der Waals surface area contributed by atoms with E-state index in [0.717, 1.165) is 36.3 Å². The second kappa shape index (κ2) is 6.78. The molecule has 0 spiro atoms. The number of likely N-dealkylation sites (tertiary alicyclic amines) is 1. The summed E-state index contributed by atoms with van der Waals surface area (Å²) in [4.78, 5) is 17.3. The summed E-state index contributed by atoms with van der Waals surface area (Å²) in [6.45, 7) is 2.02. The van der Waals surface area contributed by atoms with Crippen LogP contribution in [0.4, 0.5) is 0 Å². The fourth-order valence-corrected chi connectivity index (χ4v) is 3.07. The predicted octanol–water partition coefficient (Wildman–Crippen LogP) is 1.38. The van der Waals surface area contributed by atoms with Crippen LogP contribution >= 0.6 is 0 Å². The summed E-state index contributed by atoms with van der Waals surface area (Å²) in [6, 6.07) is 5.59. The highest BCUT2D eigenvalue weighted by molar-refractivity contribution is 5.73. The van der Waals surface area contributed by atoms with E-state index in [1.54, 1.807) is 18.1 Å². The second-order valence-corrected chi connectivity index (χ2v) is 5.71. The monoisotopic (exact) mass is 316 g/mol. The van der Waals surface area contributed by atoms with E-state index in [-0.39, 0.29) is 6.04 Å². The van der Waals surface area contributed by atoms with Gasteiger partial charge in [-0.1, -0.05) is 6.07 Å². The lowest BCUT2D eigenvalue weighted by Crippen LogP contribution is -2.35. The Hall–Kier alpha value is -2.41. The standard InChI is InChI=1S/C16H20N4O3/c1-23-15-5-4-12(7-13(15)9-20-11-17-10-18-20)8-19-6-2-3-14(19)16(21)22/h4-5,7,10-11,14H,2-3,6,8-9H2,1H3,(H,21,22)/t14-/m0/s1. The SMILES string of the molecule is COc1ccc(CN2CCC[C@H]2C(=O)O)cc1Cn1cncn1. The third kappa shape index (κ3) is 3.50. The third-order valence-corrected chi connectivity index (χ3v) is 4.18. The Morgan fingerprint density at radius 3 is 3.00 bits per heavy atom. The first-order valence-corrected chi connectivity index (χ1v) is 7.62. The van der Waals surface area contributed by atoms with Crippen LogP contribution in [0.5, 0.6) is 5.75 Å². The van der Waals surface area contributed by atoms with Gasteiger partial charge in [0.25, 0.3) is 0 Å². The summed E-state index contributed by atoms with van der Waals surface area (Å²) in [6.07, 6.45) is 4.81. The van der Waals surface area contributed by atoms with E-state index in [1.165, 1.54) is 6.33 Å². The van der Waals surface area contributed by atoms with E-state index in [9.17, 15) is 9.90 Å². The molecule has 122 valence electrons. The number of hydrogen-bond acceptors (Lipinski definition) is 5. The van der Waals surface area contributed by atoms with Crippen LogP contribution in [0.25, 0.3) is 0 Å². The van der Waals surface area contributed by atoms with Gasteiger partial charge in [-0.15, -0.1) is 0 Å². The molecule has 7 heteroatoms. The Kier molecular flexibility index (Phi) is 4.57. The van der Waals surface area contributed by atoms with Crippen molar-refractivity contribution in [3.05, 3.63) is 42.0 Å². The number of aromatic nitrogens is 3. The van der Waals surface area contributed by atoms with Crippen LogP contribution in [0.1, 0.15) is 24.0 Å². The molecule has 23 heavy (non-hydrogen) atoms. The molecule has 1 N–H and O–H groups in total. The second-order valence-electron chi connectivity index (χ2n) is 5.71.